The smallest absolute Gasteiger partial charge is 0.306 e. The number of hydrogen-bond acceptors (Lipinski definition) is 3. The van der Waals surface area contributed by atoms with Crippen LogP contribution >= 0.6 is 15.9 Å². The van der Waals surface area contributed by atoms with E-state index in [1.54, 1.807) is 0 Å². The van der Waals surface area contributed by atoms with Crippen LogP contribution in [0.2, 0.25) is 0 Å². The molecule has 1 aliphatic carbocycles. The molecule has 0 spiro atoms. The van der Waals surface area contributed by atoms with Crippen molar-refractivity contribution in [1.29, 1.82) is 0 Å². The van der Waals surface area contributed by atoms with Crippen LogP contribution in [0.25, 0.3) is 0 Å². The van der Waals surface area contributed by atoms with Crippen molar-refractivity contribution in [2.75, 3.05) is 5.32 Å². The number of anilines is 1. The van der Waals surface area contributed by atoms with Crippen LogP contribution in [0, 0.1) is 15.9 Å². The van der Waals surface area contributed by atoms with Crippen molar-refractivity contribution in [3.63, 3.8) is 0 Å². The third-order valence-corrected chi connectivity index (χ3v) is 4.16. The number of nitrogens with one attached hydrogen (secondary N) is 1. The van der Waals surface area contributed by atoms with Gasteiger partial charge >= 0.3 is 5.69 Å². The van der Waals surface area contributed by atoms with E-state index in [-0.39, 0.29) is 6.04 Å². The van der Waals surface area contributed by atoms with E-state index in [9.17, 15) is 14.5 Å². The summed E-state index contributed by atoms with van der Waals surface area (Å²) in [5.74, 6) is -0.818. The third kappa shape index (κ3) is 2.76. The molecule has 1 unspecified atom stereocenters. The normalized spacial score (nSPS) is 16.6. The molecule has 0 aromatic heterocycles. The maximum absolute atomic E-state index is 13.3. The zero-order valence-corrected chi connectivity index (χ0v) is 12.6. The standard InChI is InChI=1S/C15H12BrFN2O2/c16-10-2-4-12-9(7-10)1-6-14(12)18-11-3-5-13(17)15(8-11)19(20)21/h2-5,7-8,14,18H,1,6H2. The molecule has 1 aliphatic rings. The number of nitro benzene ring substituents is 1. The summed E-state index contributed by atoms with van der Waals surface area (Å²) < 4.78 is 14.4. The molecular weight excluding hydrogens is 339 g/mol. The first-order chi connectivity index (χ1) is 10.0. The number of fused-ring (bicyclic) bond motifs is 1. The number of nitrogens with zero attached hydrogens (tertiary/aromatic N) is 1. The van der Waals surface area contributed by atoms with Gasteiger partial charge in [0, 0.05) is 16.2 Å². The van der Waals surface area contributed by atoms with E-state index in [1.165, 1.54) is 23.3 Å². The Morgan fingerprint density at radius 1 is 1.29 bits per heavy atom. The number of rotatable bonds is 3. The first-order valence-electron chi connectivity index (χ1n) is 6.53. The lowest BCUT2D eigenvalue weighted by molar-refractivity contribution is -0.387. The molecule has 0 saturated carbocycles. The highest BCUT2D eigenvalue weighted by atomic mass is 79.9. The van der Waals surface area contributed by atoms with E-state index in [4.69, 9.17) is 0 Å². The van der Waals surface area contributed by atoms with Crippen molar-refractivity contribution < 1.29 is 9.31 Å². The van der Waals surface area contributed by atoms with Gasteiger partial charge in [0.2, 0.25) is 5.82 Å². The Hall–Kier alpha value is -1.95. The fourth-order valence-corrected chi connectivity index (χ4v) is 3.09. The Morgan fingerprint density at radius 3 is 2.86 bits per heavy atom. The molecule has 0 fully saturated rings. The van der Waals surface area contributed by atoms with E-state index in [1.807, 2.05) is 12.1 Å². The predicted molar refractivity (Wildman–Crippen MR) is 81.9 cm³/mol. The van der Waals surface area contributed by atoms with Gasteiger partial charge in [-0.3, -0.25) is 10.1 Å². The molecule has 6 heteroatoms. The van der Waals surface area contributed by atoms with E-state index in [0.29, 0.717) is 5.69 Å². The summed E-state index contributed by atoms with van der Waals surface area (Å²) in [6.45, 7) is 0. The van der Waals surface area contributed by atoms with Crippen LogP contribution in [0.4, 0.5) is 15.8 Å². The predicted octanol–water partition coefficient (Wildman–Crippen LogP) is 4.60. The van der Waals surface area contributed by atoms with E-state index in [2.05, 4.69) is 27.3 Å². The second-order valence-corrected chi connectivity index (χ2v) is 5.92. The van der Waals surface area contributed by atoms with Crippen molar-refractivity contribution in [3.05, 3.63) is 67.9 Å². The van der Waals surface area contributed by atoms with Crippen LogP contribution in [-0.4, -0.2) is 4.92 Å². The van der Waals surface area contributed by atoms with Gasteiger partial charge in [0.1, 0.15) is 0 Å². The fraction of sp³-hybridized carbons (Fsp3) is 0.200. The molecule has 108 valence electrons. The average Bonchev–Trinajstić information content (AvgIpc) is 2.83. The number of aryl methyl sites for hydroxylation is 1. The van der Waals surface area contributed by atoms with Crippen LogP contribution < -0.4 is 5.32 Å². The van der Waals surface area contributed by atoms with Gasteiger partial charge in [-0.2, -0.15) is 4.39 Å². The molecule has 0 radical (unpaired) electrons. The maximum atomic E-state index is 13.3. The molecule has 2 aromatic carbocycles. The molecule has 0 aliphatic heterocycles. The van der Waals surface area contributed by atoms with Gasteiger partial charge in [-0.15, -0.1) is 0 Å². The van der Waals surface area contributed by atoms with Crippen molar-refractivity contribution >= 4 is 27.3 Å². The molecule has 0 heterocycles. The Kier molecular flexibility index (Phi) is 3.63. The second kappa shape index (κ2) is 5.44. The zero-order valence-electron chi connectivity index (χ0n) is 11.0. The minimum absolute atomic E-state index is 0.0955. The summed E-state index contributed by atoms with van der Waals surface area (Å²) >= 11 is 3.45. The topological polar surface area (TPSA) is 55.2 Å². The van der Waals surface area contributed by atoms with Crippen molar-refractivity contribution in [3.8, 4) is 0 Å². The number of benzene rings is 2. The lowest BCUT2D eigenvalue weighted by Gasteiger charge is -2.15. The molecule has 3 rings (SSSR count). The monoisotopic (exact) mass is 350 g/mol. The van der Waals surface area contributed by atoms with Crippen molar-refractivity contribution in [2.45, 2.75) is 18.9 Å². The number of halogens is 2. The summed E-state index contributed by atoms with van der Waals surface area (Å²) in [5, 5.41) is 14.0. The summed E-state index contributed by atoms with van der Waals surface area (Å²) in [6, 6.07) is 10.1. The highest BCUT2D eigenvalue weighted by Crippen LogP contribution is 2.36. The number of hydrogen-bond donors (Lipinski definition) is 1. The summed E-state index contributed by atoms with van der Waals surface area (Å²) in [5.41, 5.74) is 2.50. The number of nitro groups is 1. The van der Waals surface area contributed by atoms with Crippen LogP contribution in [-0.2, 0) is 6.42 Å². The van der Waals surface area contributed by atoms with Crippen LogP contribution in [0.15, 0.2) is 40.9 Å². The maximum Gasteiger partial charge on any atom is 0.306 e. The third-order valence-electron chi connectivity index (χ3n) is 3.67. The largest absolute Gasteiger partial charge is 0.378 e. The molecule has 4 nitrogen and oxygen atoms in total. The van der Waals surface area contributed by atoms with E-state index < -0.39 is 16.4 Å². The Balaban J connectivity index is 1.86. The molecule has 1 N–H and O–H groups in total. The van der Waals surface area contributed by atoms with Gasteiger partial charge < -0.3 is 5.32 Å². The summed E-state index contributed by atoms with van der Waals surface area (Å²) in [6.07, 6.45) is 1.87. The van der Waals surface area contributed by atoms with Gasteiger partial charge in [-0.25, -0.2) is 0 Å². The Morgan fingerprint density at radius 2 is 2.10 bits per heavy atom. The molecule has 1 atom stereocenters. The molecule has 0 saturated heterocycles. The minimum Gasteiger partial charge on any atom is -0.378 e. The van der Waals surface area contributed by atoms with Gasteiger partial charge in [0.05, 0.1) is 11.0 Å². The molecule has 0 bridgehead atoms. The summed E-state index contributed by atoms with van der Waals surface area (Å²) in [7, 11) is 0. The SMILES string of the molecule is O=[N+]([O-])c1cc(NC2CCc3cc(Br)ccc32)ccc1F. The van der Waals surface area contributed by atoms with Gasteiger partial charge in [0.25, 0.3) is 0 Å². The fourth-order valence-electron chi connectivity index (χ4n) is 2.68. The van der Waals surface area contributed by atoms with Crippen molar-refractivity contribution in [2.24, 2.45) is 0 Å². The average molecular weight is 351 g/mol. The second-order valence-electron chi connectivity index (χ2n) is 5.00. The highest BCUT2D eigenvalue weighted by molar-refractivity contribution is 9.10. The molecule has 0 amide bonds. The van der Waals surface area contributed by atoms with Crippen LogP contribution in [0.3, 0.4) is 0 Å². The van der Waals surface area contributed by atoms with Crippen molar-refractivity contribution in [1.82, 2.24) is 0 Å². The molecular formula is C15H12BrFN2O2. The first-order valence-corrected chi connectivity index (χ1v) is 7.32. The zero-order chi connectivity index (χ0) is 15.0. The van der Waals surface area contributed by atoms with E-state index in [0.717, 1.165) is 23.4 Å². The quantitative estimate of drug-likeness (QED) is 0.650. The lowest BCUT2D eigenvalue weighted by Crippen LogP contribution is -2.07. The van der Waals surface area contributed by atoms with Gasteiger partial charge in [-0.05, 0) is 48.2 Å². The lowest BCUT2D eigenvalue weighted by atomic mass is 10.1. The molecule has 2 aromatic rings. The minimum atomic E-state index is -0.818. The Labute approximate surface area is 129 Å². The molecule has 21 heavy (non-hydrogen) atoms. The summed E-state index contributed by atoms with van der Waals surface area (Å²) in [4.78, 5) is 10.1. The van der Waals surface area contributed by atoms with Gasteiger partial charge in [-0.1, -0.05) is 22.0 Å². The van der Waals surface area contributed by atoms with Crippen LogP contribution in [0.1, 0.15) is 23.6 Å². The highest BCUT2D eigenvalue weighted by Gasteiger charge is 2.23. The van der Waals surface area contributed by atoms with E-state index >= 15 is 0 Å². The first kappa shape index (κ1) is 14.0. The van der Waals surface area contributed by atoms with Crippen LogP contribution in [0.5, 0.6) is 0 Å². The Bertz CT molecular complexity index is 721. The van der Waals surface area contributed by atoms with Gasteiger partial charge in [0.15, 0.2) is 0 Å².